The van der Waals surface area contributed by atoms with Gasteiger partial charge in [0.15, 0.2) is 0 Å². The molecule has 19 heavy (non-hydrogen) atoms. The molecule has 5 heteroatoms. The normalized spacial score (nSPS) is 25.4. The number of ether oxygens (including phenoxy) is 1. The summed E-state index contributed by atoms with van der Waals surface area (Å²) in [7, 11) is 0. The van der Waals surface area contributed by atoms with E-state index < -0.39 is 0 Å². The topological polar surface area (TPSA) is 60.2 Å². The Morgan fingerprint density at radius 3 is 2.84 bits per heavy atom. The van der Waals surface area contributed by atoms with Gasteiger partial charge in [0.2, 0.25) is 11.7 Å². The van der Waals surface area contributed by atoms with Gasteiger partial charge in [-0.05, 0) is 39.2 Å². The standard InChI is InChI=1S/C14H25N3O2/c1-4-11(15-5-2)10-12-16-13(17-19-12)14(3)8-6-7-9-18-14/h11,15H,4-10H2,1-3H3. The first-order valence-electron chi connectivity index (χ1n) is 7.38. The molecule has 2 unspecified atom stereocenters. The highest BCUT2D eigenvalue weighted by Gasteiger charge is 2.35. The third-order valence-corrected chi connectivity index (χ3v) is 3.82. The highest BCUT2D eigenvalue weighted by Crippen LogP contribution is 2.32. The Balaban J connectivity index is 2.01. The number of rotatable bonds is 6. The lowest BCUT2D eigenvalue weighted by Crippen LogP contribution is -2.32. The van der Waals surface area contributed by atoms with E-state index in [4.69, 9.17) is 9.26 Å². The van der Waals surface area contributed by atoms with Crippen LogP contribution in [0.25, 0.3) is 0 Å². The van der Waals surface area contributed by atoms with Gasteiger partial charge in [-0.15, -0.1) is 0 Å². The highest BCUT2D eigenvalue weighted by molar-refractivity contribution is 5.01. The number of hydrogen-bond acceptors (Lipinski definition) is 5. The number of likely N-dealkylation sites (N-methyl/N-ethyl adjacent to an activating group) is 1. The zero-order valence-electron chi connectivity index (χ0n) is 12.2. The van der Waals surface area contributed by atoms with Crippen molar-refractivity contribution in [3.05, 3.63) is 11.7 Å². The Hall–Kier alpha value is -0.940. The molecule has 0 spiro atoms. The predicted octanol–water partition coefficient (Wildman–Crippen LogP) is 2.42. The number of nitrogens with one attached hydrogen (secondary N) is 1. The molecule has 1 aromatic heterocycles. The van der Waals surface area contributed by atoms with Crippen LogP contribution in [-0.2, 0) is 16.8 Å². The number of hydrogen-bond donors (Lipinski definition) is 1. The van der Waals surface area contributed by atoms with Crippen molar-refractivity contribution in [3.63, 3.8) is 0 Å². The van der Waals surface area contributed by atoms with Crippen molar-refractivity contribution in [3.8, 4) is 0 Å². The quantitative estimate of drug-likeness (QED) is 0.857. The van der Waals surface area contributed by atoms with Crippen LogP contribution in [0, 0.1) is 0 Å². The van der Waals surface area contributed by atoms with Gasteiger partial charge in [-0.2, -0.15) is 4.98 Å². The van der Waals surface area contributed by atoms with E-state index in [0.29, 0.717) is 17.8 Å². The summed E-state index contributed by atoms with van der Waals surface area (Å²) in [4.78, 5) is 4.53. The van der Waals surface area contributed by atoms with Crippen LogP contribution >= 0.6 is 0 Å². The van der Waals surface area contributed by atoms with E-state index in [1.54, 1.807) is 0 Å². The molecular formula is C14H25N3O2. The molecule has 1 aliphatic heterocycles. The maximum absolute atomic E-state index is 5.84. The summed E-state index contributed by atoms with van der Waals surface area (Å²) in [5, 5.41) is 7.54. The van der Waals surface area contributed by atoms with Crippen molar-refractivity contribution in [1.29, 1.82) is 0 Å². The van der Waals surface area contributed by atoms with Gasteiger partial charge in [-0.1, -0.05) is 19.0 Å². The van der Waals surface area contributed by atoms with Crippen LogP contribution in [0.5, 0.6) is 0 Å². The van der Waals surface area contributed by atoms with E-state index in [0.717, 1.165) is 45.3 Å². The molecule has 2 atom stereocenters. The van der Waals surface area contributed by atoms with Crippen LogP contribution in [0.4, 0.5) is 0 Å². The minimum absolute atomic E-state index is 0.361. The lowest BCUT2D eigenvalue weighted by atomic mass is 9.95. The molecule has 0 radical (unpaired) electrons. The fourth-order valence-corrected chi connectivity index (χ4v) is 2.52. The first-order valence-corrected chi connectivity index (χ1v) is 7.38. The van der Waals surface area contributed by atoms with Crippen molar-refractivity contribution < 1.29 is 9.26 Å². The van der Waals surface area contributed by atoms with E-state index in [2.05, 4.69) is 36.2 Å². The molecule has 0 amide bonds. The molecule has 2 heterocycles. The van der Waals surface area contributed by atoms with E-state index in [-0.39, 0.29) is 5.60 Å². The predicted molar refractivity (Wildman–Crippen MR) is 72.9 cm³/mol. The third kappa shape index (κ3) is 3.54. The van der Waals surface area contributed by atoms with Crippen LogP contribution in [-0.4, -0.2) is 29.3 Å². The molecule has 0 aliphatic carbocycles. The second kappa shape index (κ2) is 6.48. The SMILES string of the molecule is CCNC(CC)Cc1nc(C2(C)CCCCO2)no1. The summed E-state index contributed by atoms with van der Waals surface area (Å²) in [6, 6.07) is 0.401. The van der Waals surface area contributed by atoms with Gasteiger partial charge in [0.25, 0.3) is 0 Å². The van der Waals surface area contributed by atoms with Gasteiger partial charge in [-0.25, -0.2) is 0 Å². The summed E-state index contributed by atoms with van der Waals surface area (Å²) >= 11 is 0. The zero-order chi connectivity index (χ0) is 13.7. The average Bonchev–Trinajstić information content (AvgIpc) is 2.88. The van der Waals surface area contributed by atoms with Crippen LogP contribution in [0.2, 0.25) is 0 Å². The fourth-order valence-electron chi connectivity index (χ4n) is 2.52. The molecule has 1 aromatic rings. The molecule has 1 N–H and O–H groups in total. The fraction of sp³-hybridized carbons (Fsp3) is 0.857. The molecule has 2 rings (SSSR count). The van der Waals surface area contributed by atoms with E-state index in [1.807, 2.05) is 0 Å². The largest absolute Gasteiger partial charge is 0.367 e. The van der Waals surface area contributed by atoms with Gasteiger partial charge in [-0.3, -0.25) is 0 Å². The summed E-state index contributed by atoms with van der Waals surface area (Å²) < 4.78 is 11.2. The first kappa shape index (κ1) is 14.5. The summed E-state index contributed by atoms with van der Waals surface area (Å²) in [5.41, 5.74) is -0.361. The van der Waals surface area contributed by atoms with Crippen LogP contribution in [0.3, 0.4) is 0 Å². The van der Waals surface area contributed by atoms with Crippen molar-refractivity contribution >= 4 is 0 Å². The van der Waals surface area contributed by atoms with Crippen LogP contribution < -0.4 is 5.32 Å². The minimum Gasteiger partial charge on any atom is -0.367 e. The van der Waals surface area contributed by atoms with E-state index in [9.17, 15) is 0 Å². The van der Waals surface area contributed by atoms with Gasteiger partial charge in [0.05, 0.1) is 0 Å². The molecule has 1 aliphatic rings. The van der Waals surface area contributed by atoms with Crippen molar-refractivity contribution in [2.24, 2.45) is 0 Å². The molecule has 0 bridgehead atoms. The Morgan fingerprint density at radius 1 is 1.37 bits per heavy atom. The summed E-state index contributed by atoms with van der Waals surface area (Å²) in [5.74, 6) is 1.41. The van der Waals surface area contributed by atoms with Gasteiger partial charge in [0, 0.05) is 19.1 Å². The van der Waals surface area contributed by atoms with Crippen LogP contribution in [0.1, 0.15) is 58.2 Å². The van der Waals surface area contributed by atoms with Crippen molar-refractivity contribution in [2.45, 2.75) is 64.5 Å². The Kier molecular flexibility index (Phi) is 4.93. The third-order valence-electron chi connectivity index (χ3n) is 3.82. The average molecular weight is 267 g/mol. The van der Waals surface area contributed by atoms with E-state index >= 15 is 0 Å². The van der Waals surface area contributed by atoms with E-state index in [1.165, 1.54) is 0 Å². The molecule has 108 valence electrons. The number of aromatic nitrogens is 2. The second-order valence-electron chi connectivity index (χ2n) is 5.42. The Morgan fingerprint density at radius 2 is 2.21 bits per heavy atom. The lowest BCUT2D eigenvalue weighted by Gasteiger charge is -2.30. The number of nitrogens with zero attached hydrogens (tertiary/aromatic N) is 2. The van der Waals surface area contributed by atoms with Gasteiger partial charge < -0.3 is 14.6 Å². The Labute approximate surface area is 115 Å². The van der Waals surface area contributed by atoms with Crippen molar-refractivity contribution in [2.75, 3.05) is 13.2 Å². The lowest BCUT2D eigenvalue weighted by molar-refractivity contribution is -0.0770. The molecule has 0 saturated carbocycles. The Bertz CT molecular complexity index is 386. The summed E-state index contributed by atoms with van der Waals surface area (Å²) in [6.07, 6.45) is 5.09. The molecule has 0 aromatic carbocycles. The summed E-state index contributed by atoms with van der Waals surface area (Å²) in [6.45, 7) is 8.08. The smallest absolute Gasteiger partial charge is 0.228 e. The molecular weight excluding hydrogens is 242 g/mol. The van der Waals surface area contributed by atoms with Crippen molar-refractivity contribution in [1.82, 2.24) is 15.5 Å². The maximum Gasteiger partial charge on any atom is 0.228 e. The first-order chi connectivity index (χ1) is 9.18. The second-order valence-corrected chi connectivity index (χ2v) is 5.42. The molecule has 1 fully saturated rings. The maximum atomic E-state index is 5.84. The van der Waals surface area contributed by atoms with Gasteiger partial charge in [0.1, 0.15) is 5.60 Å². The van der Waals surface area contributed by atoms with Gasteiger partial charge >= 0.3 is 0 Å². The molecule has 1 saturated heterocycles. The zero-order valence-corrected chi connectivity index (χ0v) is 12.2. The monoisotopic (exact) mass is 267 g/mol. The highest BCUT2D eigenvalue weighted by atomic mass is 16.5. The molecule has 5 nitrogen and oxygen atoms in total. The minimum atomic E-state index is -0.361. The van der Waals surface area contributed by atoms with Crippen LogP contribution in [0.15, 0.2) is 4.52 Å².